The molecule has 0 unspecified atom stereocenters. The minimum Gasteiger partial charge on any atom is -0.379 e. The number of hydrogen-bond acceptors (Lipinski definition) is 3. The Bertz CT molecular complexity index is 375. The van der Waals surface area contributed by atoms with Crippen LogP contribution in [0.5, 0.6) is 0 Å². The Morgan fingerprint density at radius 1 is 1.05 bits per heavy atom. The maximum Gasteiger partial charge on any atom is 0.255 e. The van der Waals surface area contributed by atoms with Crippen LogP contribution in [0.1, 0.15) is 70.6 Å². The number of nitrogens with one attached hydrogen (secondary N) is 1. The summed E-state index contributed by atoms with van der Waals surface area (Å²) in [5.74, 6) is 0.637. The molecule has 1 aliphatic heterocycles. The van der Waals surface area contributed by atoms with Gasteiger partial charge >= 0.3 is 0 Å². The van der Waals surface area contributed by atoms with E-state index in [4.69, 9.17) is 0 Å². The van der Waals surface area contributed by atoms with Crippen LogP contribution in [0.25, 0.3) is 0 Å². The number of likely N-dealkylation sites (tertiary alicyclic amines) is 1. The van der Waals surface area contributed by atoms with Crippen molar-refractivity contribution in [2.45, 2.75) is 82.3 Å². The molecular weight excluding hydrogens is 276 g/mol. The summed E-state index contributed by atoms with van der Waals surface area (Å²) in [7, 11) is 0. The van der Waals surface area contributed by atoms with Crippen LogP contribution in [-0.2, 0) is 4.79 Å². The third-order valence-corrected chi connectivity index (χ3v) is 5.95. The summed E-state index contributed by atoms with van der Waals surface area (Å²) in [6.45, 7) is 2.14. The van der Waals surface area contributed by atoms with Gasteiger partial charge < -0.3 is 15.3 Å². The molecule has 126 valence electrons. The predicted molar refractivity (Wildman–Crippen MR) is 87.6 cm³/mol. The number of carbonyl (C=O) groups excluding carboxylic acids is 1. The molecule has 1 atom stereocenters. The summed E-state index contributed by atoms with van der Waals surface area (Å²) in [4.78, 5) is 14.7. The summed E-state index contributed by atoms with van der Waals surface area (Å²) >= 11 is 0. The number of piperidine rings is 1. The second-order valence-electron chi connectivity index (χ2n) is 7.75. The van der Waals surface area contributed by atoms with E-state index in [0.717, 1.165) is 19.5 Å². The molecule has 3 rings (SSSR count). The zero-order valence-corrected chi connectivity index (χ0v) is 13.9. The van der Waals surface area contributed by atoms with Crippen molar-refractivity contribution in [3.8, 4) is 0 Å². The van der Waals surface area contributed by atoms with Crippen LogP contribution in [-0.4, -0.2) is 47.2 Å². The van der Waals surface area contributed by atoms with Crippen molar-refractivity contribution in [2.24, 2.45) is 5.92 Å². The average Bonchev–Trinajstić information content (AvgIpc) is 3.05. The van der Waals surface area contributed by atoms with Gasteiger partial charge in [-0.25, -0.2) is 0 Å². The molecule has 2 saturated carbocycles. The molecule has 0 bridgehead atoms. The number of carbonyl (C=O) groups is 1. The van der Waals surface area contributed by atoms with E-state index < -0.39 is 5.60 Å². The highest BCUT2D eigenvalue weighted by molar-refractivity contribution is 5.86. The Balaban J connectivity index is 1.53. The van der Waals surface area contributed by atoms with Crippen LogP contribution in [0.3, 0.4) is 0 Å². The molecular formula is C18H32N2O2. The monoisotopic (exact) mass is 308 g/mol. The van der Waals surface area contributed by atoms with Crippen LogP contribution in [0, 0.1) is 5.92 Å². The maximum atomic E-state index is 12.8. The first kappa shape index (κ1) is 16.3. The Morgan fingerprint density at radius 3 is 2.45 bits per heavy atom. The Labute approximate surface area is 134 Å². The highest BCUT2D eigenvalue weighted by Gasteiger charge is 2.42. The quantitative estimate of drug-likeness (QED) is 0.820. The maximum absolute atomic E-state index is 12.8. The third-order valence-electron chi connectivity index (χ3n) is 5.95. The van der Waals surface area contributed by atoms with Gasteiger partial charge in [0.05, 0.1) is 0 Å². The van der Waals surface area contributed by atoms with E-state index in [-0.39, 0.29) is 5.91 Å². The zero-order valence-electron chi connectivity index (χ0n) is 13.9. The van der Waals surface area contributed by atoms with E-state index >= 15 is 0 Å². The molecule has 0 aromatic rings. The summed E-state index contributed by atoms with van der Waals surface area (Å²) in [5, 5.41) is 14.3. The van der Waals surface area contributed by atoms with E-state index in [1.54, 1.807) is 0 Å². The molecule has 2 aliphatic carbocycles. The highest BCUT2D eigenvalue weighted by Crippen LogP contribution is 2.29. The van der Waals surface area contributed by atoms with E-state index in [0.29, 0.717) is 24.9 Å². The summed E-state index contributed by atoms with van der Waals surface area (Å²) in [6.07, 6.45) is 12.9. The Kier molecular flexibility index (Phi) is 5.40. The molecule has 0 spiro atoms. The normalized spacial score (nSPS) is 31.9. The predicted octanol–water partition coefficient (Wildman–Crippen LogP) is 2.45. The Hall–Kier alpha value is -0.610. The van der Waals surface area contributed by atoms with Gasteiger partial charge in [0.2, 0.25) is 0 Å². The van der Waals surface area contributed by atoms with Crippen molar-refractivity contribution in [3.05, 3.63) is 0 Å². The van der Waals surface area contributed by atoms with Gasteiger partial charge in [0.1, 0.15) is 0 Å². The van der Waals surface area contributed by atoms with Gasteiger partial charge in [-0.05, 0) is 44.4 Å². The molecule has 1 heterocycles. The van der Waals surface area contributed by atoms with Gasteiger partial charge in [-0.2, -0.15) is 0 Å². The van der Waals surface area contributed by atoms with Gasteiger partial charge in [-0.15, -0.1) is 0 Å². The minimum atomic E-state index is -1.16. The molecule has 0 aromatic heterocycles. The molecule has 4 heteroatoms. The van der Waals surface area contributed by atoms with Crippen LogP contribution in [0.2, 0.25) is 0 Å². The lowest BCUT2D eigenvalue weighted by Gasteiger charge is -2.40. The van der Waals surface area contributed by atoms with Crippen molar-refractivity contribution >= 4 is 5.91 Å². The summed E-state index contributed by atoms with van der Waals surface area (Å²) < 4.78 is 0. The second-order valence-corrected chi connectivity index (χ2v) is 7.75. The van der Waals surface area contributed by atoms with Gasteiger partial charge in [0, 0.05) is 25.7 Å². The molecule has 4 nitrogen and oxygen atoms in total. The van der Waals surface area contributed by atoms with Crippen molar-refractivity contribution < 1.29 is 9.90 Å². The van der Waals surface area contributed by atoms with E-state index in [1.165, 1.54) is 57.8 Å². The largest absolute Gasteiger partial charge is 0.379 e. The van der Waals surface area contributed by atoms with Gasteiger partial charge in [0.15, 0.2) is 5.60 Å². The summed E-state index contributed by atoms with van der Waals surface area (Å²) in [5.41, 5.74) is -1.16. The second kappa shape index (κ2) is 7.31. The molecule has 0 radical (unpaired) electrons. The molecule has 3 aliphatic rings. The summed E-state index contributed by atoms with van der Waals surface area (Å²) in [6, 6.07) is 0.505. The average molecular weight is 308 g/mol. The fraction of sp³-hybridized carbons (Fsp3) is 0.944. The number of nitrogens with zero attached hydrogens (tertiary/aromatic N) is 1. The lowest BCUT2D eigenvalue weighted by Crippen LogP contribution is -2.59. The van der Waals surface area contributed by atoms with E-state index in [9.17, 15) is 9.90 Å². The fourth-order valence-corrected chi connectivity index (χ4v) is 4.53. The molecule has 3 fully saturated rings. The van der Waals surface area contributed by atoms with Crippen LogP contribution in [0.15, 0.2) is 0 Å². The smallest absolute Gasteiger partial charge is 0.255 e. The van der Waals surface area contributed by atoms with Gasteiger partial charge in [-0.3, -0.25) is 4.79 Å². The topological polar surface area (TPSA) is 52.6 Å². The fourth-order valence-electron chi connectivity index (χ4n) is 4.53. The molecule has 22 heavy (non-hydrogen) atoms. The van der Waals surface area contributed by atoms with Gasteiger partial charge in [0.25, 0.3) is 5.91 Å². The highest BCUT2D eigenvalue weighted by atomic mass is 16.3. The SMILES string of the molecule is O=C1N(CC2CCCCC2)CCC[C@@]1(O)CNC1CCCC1. The molecule has 1 saturated heterocycles. The lowest BCUT2D eigenvalue weighted by molar-refractivity contribution is -0.157. The van der Waals surface area contributed by atoms with Crippen molar-refractivity contribution in [3.63, 3.8) is 0 Å². The first-order valence-corrected chi connectivity index (χ1v) is 9.42. The zero-order chi connectivity index (χ0) is 15.4. The van der Waals surface area contributed by atoms with Gasteiger partial charge in [-0.1, -0.05) is 32.1 Å². The minimum absolute atomic E-state index is 0.0187. The first-order chi connectivity index (χ1) is 10.7. The van der Waals surface area contributed by atoms with Crippen molar-refractivity contribution in [2.75, 3.05) is 19.6 Å². The van der Waals surface area contributed by atoms with Crippen LogP contribution < -0.4 is 5.32 Å². The molecule has 2 N–H and O–H groups in total. The number of rotatable bonds is 5. The standard InChI is InChI=1S/C18H32N2O2/c21-17-18(22,14-19-16-9-4-5-10-16)11-6-12-20(17)13-15-7-2-1-3-8-15/h15-16,19,22H,1-14H2/t18-/m1/s1. The molecule has 1 amide bonds. The van der Waals surface area contributed by atoms with Crippen LogP contribution in [0.4, 0.5) is 0 Å². The van der Waals surface area contributed by atoms with Crippen molar-refractivity contribution in [1.82, 2.24) is 10.2 Å². The lowest BCUT2D eigenvalue weighted by atomic mass is 9.86. The Morgan fingerprint density at radius 2 is 1.73 bits per heavy atom. The number of hydrogen-bond donors (Lipinski definition) is 2. The number of amides is 1. The van der Waals surface area contributed by atoms with Crippen molar-refractivity contribution in [1.29, 1.82) is 0 Å². The van der Waals surface area contributed by atoms with Crippen LogP contribution >= 0.6 is 0 Å². The third kappa shape index (κ3) is 3.83. The first-order valence-electron chi connectivity index (χ1n) is 9.42. The van der Waals surface area contributed by atoms with E-state index in [1.807, 2.05) is 4.90 Å². The molecule has 0 aromatic carbocycles. The van der Waals surface area contributed by atoms with E-state index in [2.05, 4.69) is 5.32 Å². The number of aliphatic hydroxyl groups is 1.